The maximum atomic E-state index is 5.87. The van der Waals surface area contributed by atoms with Gasteiger partial charge in [0.25, 0.3) is 0 Å². The fourth-order valence-corrected chi connectivity index (χ4v) is 3.47. The highest BCUT2D eigenvalue weighted by molar-refractivity contribution is 5.14. The average molecular weight is 289 g/mol. The van der Waals surface area contributed by atoms with E-state index < -0.39 is 0 Å². The molecule has 0 bridgehead atoms. The molecule has 1 aliphatic heterocycles. The molecule has 2 fully saturated rings. The van der Waals surface area contributed by atoms with Gasteiger partial charge in [-0.15, -0.1) is 0 Å². The minimum absolute atomic E-state index is 0.469. The fraction of sp³-hybridized carbons (Fsp3) is 0.706. The van der Waals surface area contributed by atoms with Crippen LogP contribution in [0.1, 0.15) is 43.9 Å². The van der Waals surface area contributed by atoms with Crippen molar-refractivity contribution in [1.82, 2.24) is 15.2 Å². The summed E-state index contributed by atoms with van der Waals surface area (Å²) in [5.74, 6) is 0. The third-order valence-electron chi connectivity index (χ3n) is 4.60. The van der Waals surface area contributed by atoms with Gasteiger partial charge in [0.2, 0.25) is 0 Å². The summed E-state index contributed by atoms with van der Waals surface area (Å²) < 4.78 is 5.87. The van der Waals surface area contributed by atoms with Crippen LogP contribution in [0, 0.1) is 0 Å². The van der Waals surface area contributed by atoms with Crippen molar-refractivity contribution in [3.8, 4) is 0 Å². The lowest BCUT2D eigenvalue weighted by Gasteiger charge is -2.37. The van der Waals surface area contributed by atoms with Crippen molar-refractivity contribution in [3.05, 3.63) is 29.6 Å². The second-order valence-electron chi connectivity index (χ2n) is 6.21. The van der Waals surface area contributed by atoms with E-state index in [0.717, 1.165) is 32.8 Å². The zero-order valence-corrected chi connectivity index (χ0v) is 13.1. The first-order chi connectivity index (χ1) is 10.4. The monoisotopic (exact) mass is 289 g/mol. The van der Waals surface area contributed by atoms with Crippen LogP contribution in [0.3, 0.4) is 0 Å². The number of hydrogen-bond donors (Lipinski definition) is 1. The van der Waals surface area contributed by atoms with Crippen LogP contribution >= 0.6 is 0 Å². The number of morpholine rings is 1. The molecule has 2 aliphatic rings. The van der Waals surface area contributed by atoms with E-state index in [4.69, 9.17) is 4.74 Å². The van der Waals surface area contributed by atoms with Crippen LogP contribution in [0.4, 0.5) is 0 Å². The normalized spacial score (nSPS) is 26.0. The number of hydrogen-bond acceptors (Lipinski definition) is 4. The lowest BCUT2D eigenvalue weighted by molar-refractivity contribution is -0.0592. The second kappa shape index (κ2) is 7.34. The van der Waals surface area contributed by atoms with Crippen molar-refractivity contribution in [1.29, 1.82) is 0 Å². The quantitative estimate of drug-likeness (QED) is 0.816. The Morgan fingerprint density at radius 3 is 3.14 bits per heavy atom. The van der Waals surface area contributed by atoms with Crippen LogP contribution in [0.2, 0.25) is 0 Å². The van der Waals surface area contributed by atoms with Gasteiger partial charge in [-0.2, -0.15) is 0 Å². The van der Waals surface area contributed by atoms with Crippen molar-refractivity contribution in [2.24, 2.45) is 0 Å². The van der Waals surface area contributed by atoms with Crippen LogP contribution in [-0.4, -0.2) is 41.7 Å². The molecule has 4 nitrogen and oxygen atoms in total. The van der Waals surface area contributed by atoms with Crippen molar-refractivity contribution < 1.29 is 4.74 Å². The molecule has 1 N–H and O–H groups in total. The van der Waals surface area contributed by atoms with E-state index in [1.54, 1.807) is 0 Å². The molecule has 2 unspecified atom stereocenters. The highest BCUT2D eigenvalue weighted by Gasteiger charge is 2.35. The Hall–Kier alpha value is -0.970. The molecule has 0 amide bonds. The smallest absolute Gasteiger partial charge is 0.0731 e. The highest BCUT2D eigenvalue weighted by atomic mass is 16.5. The SMILES string of the molecule is CCCNCc1ccc(CN2CCOC3CCCC32)nc1. The van der Waals surface area contributed by atoms with E-state index in [1.165, 1.54) is 36.9 Å². The van der Waals surface area contributed by atoms with Gasteiger partial charge < -0.3 is 10.1 Å². The molecule has 4 heteroatoms. The summed E-state index contributed by atoms with van der Waals surface area (Å²) in [4.78, 5) is 7.21. The minimum atomic E-state index is 0.469. The summed E-state index contributed by atoms with van der Waals surface area (Å²) in [6, 6.07) is 5.01. The summed E-state index contributed by atoms with van der Waals surface area (Å²) in [5.41, 5.74) is 2.45. The van der Waals surface area contributed by atoms with Crippen molar-refractivity contribution in [2.75, 3.05) is 19.7 Å². The topological polar surface area (TPSA) is 37.4 Å². The molecule has 3 rings (SSSR count). The number of fused-ring (bicyclic) bond motifs is 1. The van der Waals surface area contributed by atoms with Crippen LogP contribution in [0.15, 0.2) is 18.3 Å². The Morgan fingerprint density at radius 2 is 2.33 bits per heavy atom. The average Bonchev–Trinajstić information content (AvgIpc) is 2.99. The molecule has 21 heavy (non-hydrogen) atoms. The first kappa shape index (κ1) is 14.9. The highest BCUT2D eigenvalue weighted by Crippen LogP contribution is 2.30. The Kier molecular flexibility index (Phi) is 5.22. The van der Waals surface area contributed by atoms with Crippen molar-refractivity contribution >= 4 is 0 Å². The molecule has 1 saturated carbocycles. The first-order valence-electron chi connectivity index (χ1n) is 8.37. The molecule has 2 heterocycles. The van der Waals surface area contributed by atoms with Crippen molar-refractivity contribution in [3.63, 3.8) is 0 Å². The van der Waals surface area contributed by atoms with Gasteiger partial charge in [-0.3, -0.25) is 9.88 Å². The van der Waals surface area contributed by atoms with Gasteiger partial charge >= 0.3 is 0 Å². The predicted molar refractivity (Wildman–Crippen MR) is 84.0 cm³/mol. The Morgan fingerprint density at radius 1 is 1.38 bits per heavy atom. The predicted octanol–water partition coefficient (Wildman–Crippen LogP) is 2.33. The Balaban J connectivity index is 1.54. The number of ether oxygens (including phenoxy) is 1. The zero-order chi connectivity index (χ0) is 14.5. The number of aromatic nitrogens is 1. The third-order valence-corrected chi connectivity index (χ3v) is 4.60. The van der Waals surface area contributed by atoms with Gasteiger partial charge in [0, 0.05) is 31.9 Å². The van der Waals surface area contributed by atoms with Gasteiger partial charge in [-0.05, 0) is 43.9 Å². The molecular weight excluding hydrogens is 262 g/mol. The minimum Gasteiger partial charge on any atom is -0.375 e. The summed E-state index contributed by atoms with van der Waals surface area (Å²) in [7, 11) is 0. The van der Waals surface area contributed by atoms with Crippen LogP contribution in [0.5, 0.6) is 0 Å². The third kappa shape index (κ3) is 3.82. The van der Waals surface area contributed by atoms with Gasteiger partial charge in [0.1, 0.15) is 0 Å². The van der Waals surface area contributed by atoms with E-state index in [-0.39, 0.29) is 0 Å². The van der Waals surface area contributed by atoms with Crippen LogP contribution in [-0.2, 0) is 17.8 Å². The van der Waals surface area contributed by atoms with Gasteiger partial charge in [-0.1, -0.05) is 13.0 Å². The molecule has 1 saturated heterocycles. The fourth-order valence-electron chi connectivity index (χ4n) is 3.47. The summed E-state index contributed by atoms with van der Waals surface area (Å²) >= 11 is 0. The van der Waals surface area contributed by atoms with E-state index in [2.05, 4.69) is 34.3 Å². The zero-order valence-electron chi connectivity index (χ0n) is 13.1. The first-order valence-corrected chi connectivity index (χ1v) is 8.37. The number of rotatable bonds is 6. The molecule has 1 aromatic heterocycles. The van der Waals surface area contributed by atoms with Gasteiger partial charge in [0.05, 0.1) is 18.4 Å². The van der Waals surface area contributed by atoms with Gasteiger partial charge in [-0.25, -0.2) is 0 Å². The maximum Gasteiger partial charge on any atom is 0.0731 e. The molecule has 1 aromatic rings. The Bertz CT molecular complexity index is 434. The summed E-state index contributed by atoms with van der Waals surface area (Å²) in [5, 5.41) is 3.42. The number of nitrogens with one attached hydrogen (secondary N) is 1. The largest absolute Gasteiger partial charge is 0.375 e. The maximum absolute atomic E-state index is 5.87. The molecule has 116 valence electrons. The number of nitrogens with zero attached hydrogens (tertiary/aromatic N) is 2. The van der Waals surface area contributed by atoms with Crippen LogP contribution < -0.4 is 5.32 Å². The molecule has 0 spiro atoms. The standard InChI is InChI=1S/C17H27N3O/c1-2-8-18-11-14-6-7-15(19-12-14)13-20-9-10-21-17-5-3-4-16(17)20/h6-7,12,16-18H,2-5,8-11,13H2,1H3. The Labute approximate surface area is 127 Å². The molecule has 0 aromatic carbocycles. The summed E-state index contributed by atoms with van der Waals surface area (Å²) in [6.07, 6.45) is 7.48. The van der Waals surface area contributed by atoms with E-state index in [1.807, 2.05) is 6.20 Å². The molecule has 0 radical (unpaired) electrons. The number of pyridine rings is 1. The summed E-state index contributed by atoms with van der Waals surface area (Å²) in [6.45, 7) is 7.06. The van der Waals surface area contributed by atoms with E-state index in [0.29, 0.717) is 12.1 Å². The van der Waals surface area contributed by atoms with E-state index in [9.17, 15) is 0 Å². The van der Waals surface area contributed by atoms with E-state index >= 15 is 0 Å². The molecular formula is C17H27N3O. The molecule has 2 atom stereocenters. The second-order valence-corrected chi connectivity index (χ2v) is 6.21. The lowest BCUT2D eigenvalue weighted by Crippen LogP contribution is -2.47. The van der Waals surface area contributed by atoms with Crippen LogP contribution in [0.25, 0.3) is 0 Å². The van der Waals surface area contributed by atoms with Crippen molar-refractivity contribution in [2.45, 2.75) is 57.8 Å². The lowest BCUT2D eigenvalue weighted by atomic mass is 10.1. The molecule has 1 aliphatic carbocycles. The van der Waals surface area contributed by atoms with Gasteiger partial charge in [0.15, 0.2) is 0 Å².